The topological polar surface area (TPSA) is 134 Å². The van der Waals surface area contributed by atoms with E-state index < -0.39 is 35.8 Å². The van der Waals surface area contributed by atoms with Gasteiger partial charge < -0.3 is 25.8 Å². The normalized spacial score (nSPS) is 12.5. The number of carbonyl (C=O) groups excluding carboxylic acids is 4. The van der Waals surface area contributed by atoms with Crippen LogP contribution in [0.1, 0.15) is 58.4 Å². The maximum absolute atomic E-state index is 12.8. The molecule has 3 amide bonds. The second-order valence-electron chi connectivity index (χ2n) is 8.26. The van der Waals surface area contributed by atoms with Crippen LogP contribution in [0.15, 0.2) is 30.3 Å². The molecule has 33 heavy (non-hydrogen) atoms. The molecule has 0 aliphatic heterocycles. The number of hydrogen-bond donors (Lipinski definition) is 4. The molecule has 0 bridgehead atoms. The van der Waals surface area contributed by atoms with Gasteiger partial charge in [-0.25, -0.2) is 4.79 Å². The zero-order valence-electron chi connectivity index (χ0n) is 19.8. The van der Waals surface area contributed by atoms with Gasteiger partial charge in [0.15, 0.2) is 0 Å². The smallest absolute Gasteiger partial charge is 0.408 e. The third-order valence-electron chi connectivity index (χ3n) is 4.91. The van der Waals surface area contributed by atoms with Gasteiger partial charge in [0.2, 0.25) is 11.7 Å². The van der Waals surface area contributed by atoms with Crippen LogP contribution in [0.5, 0.6) is 0 Å². The van der Waals surface area contributed by atoms with Crippen molar-refractivity contribution >= 4 is 23.7 Å². The molecule has 9 nitrogen and oxygen atoms in total. The molecule has 4 N–H and O–H groups in total. The second kappa shape index (κ2) is 15.8. The number of ether oxygens (including phenoxy) is 1. The number of nitrogens with one attached hydrogen (secondary N) is 3. The lowest BCUT2D eigenvalue weighted by atomic mass is 10.0. The highest BCUT2D eigenvalue weighted by Gasteiger charge is 2.29. The van der Waals surface area contributed by atoms with Gasteiger partial charge in [-0.15, -0.1) is 0 Å². The molecule has 0 saturated carbocycles. The van der Waals surface area contributed by atoms with E-state index in [9.17, 15) is 19.2 Å². The van der Waals surface area contributed by atoms with E-state index in [1.807, 2.05) is 44.2 Å². The van der Waals surface area contributed by atoms with Gasteiger partial charge in [-0.1, -0.05) is 51.1 Å². The molecule has 1 aromatic rings. The van der Waals surface area contributed by atoms with Gasteiger partial charge >= 0.3 is 6.09 Å². The van der Waals surface area contributed by atoms with E-state index in [1.165, 1.54) is 0 Å². The van der Waals surface area contributed by atoms with Crippen LogP contribution in [-0.2, 0) is 25.7 Å². The van der Waals surface area contributed by atoms with Crippen molar-refractivity contribution in [3.8, 4) is 0 Å². The summed E-state index contributed by atoms with van der Waals surface area (Å²) in [7, 11) is 0. The van der Waals surface area contributed by atoms with Crippen molar-refractivity contribution in [1.82, 2.24) is 16.0 Å². The molecular formula is C24H37N3O6. The van der Waals surface area contributed by atoms with Gasteiger partial charge in [0, 0.05) is 13.2 Å². The van der Waals surface area contributed by atoms with Crippen LogP contribution < -0.4 is 16.0 Å². The second-order valence-corrected chi connectivity index (χ2v) is 8.26. The Hall–Kier alpha value is -2.94. The van der Waals surface area contributed by atoms with Gasteiger partial charge in [0.05, 0.1) is 6.04 Å². The first kappa shape index (κ1) is 28.1. The maximum Gasteiger partial charge on any atom is 0.408 e. The van der Waals surface area contributed by atoms with Gasteiger partial charge in [-0.2, -0.15) is 0 Å². The number of Topliss-reactive ketones (excluding diaryl/α,β-unsaturated/α-hetero) is 1. The fourth-order valence-corrected chi connectivity index (χ4v) is 3.10. The van der Waals surface area contributed by atoms with Crippen molar-refractivity contribution < 1.29 is 29.0 Å². The lowest BCUT2D eigenvalue weighted by molar-refractivity contribution is -0.140. The first-order valence-corrected chi connectivity index (χ1v) is 11.5. The minimum atomic E-state index is -0.994. The summed E-state index contributed by atoms with van der Waals surface area (Å²) in [6.45, 7) is 5.98. The van der Waals surface area contributed by atoms with E-state index >= 15 is 0 Å². The van der Waals surface area contributed by atoms with Crippen LogP contribution >= 0.6 is 0 Å². The molecule has 1 rings (SSSR count). The van der Waals surface area contributed by atoms with Crippen molar-refractivity contribution in [2.75, 3.05) is 13.2 Å². The Balaban J connectivity index is 2.63. The number of rotatable bonds is 15. The average Bonchev–Trinajstić information content (AvgIpc) is 2.80. The van der Waals surface area contributed by atoms with E-state index in [1.54, 1.807) is 6.92 Å². The van der Waals surface area contributed by atoms with Crippen LogP contribution in [0.2, 0.25) is 0 Å². The fraction of sp³-hybridized carbons (Fsp3) is 0.583. The number of aliphatic hydroxyl groups excluding tert-OH is 1. The molecule has 0 fully saturated rings. The number of ketones is 1. The minimum absolute atomic E-state index is 0.0667. The molecule has 0 aliphatic rings. The number of alkyl carbamates (subject to hydrolysis) is 1. The van der Waals surface area contributed by atoms with Crippen LogP contribution in [0.3, 0.4) is 0 Å². The van der Waals surface area contributed by atoms with Gasteiger partial charge in [-0.05, 0) is 43.6 Å². The van der Waals surface area contributed by atoms with Crippen LogP contribution in [-0.4, -0.2) is 54.0 Å². The molecule has 0 spiro atoms. The van der Waals surface area contributed by atoms with Gasteiger partial charge in [0.1, 0.15) is 12.6 Å². The molecule has 1 unspecified atom stereocenters. The Morgan fingerprint density at radius 2 is 1.67 bits per heavy atom. The Bertz CT molecular complexity index is 754. The molecule has 2 atom stereocenters. The molecule has 1 aromatic carbocycles. The number of hydrogen-bond acceptors (Lipinski definition) is 6. The molecular weight excluding hydrogens is 426 g/mol. The largest absolute Gasteiger partial charge is 0.445 e. The van der Waals surface area contributed by atoms with E-state index in [0.29, 0.717) is 25.8 Å². The quantitative estimate of drug-likeness (QED) is 0.232. The predicted octanol–water partition coefficient (Wildman–Crippen LogP) is 2.07. The number of aliphatic hydroxyl groups is 1. The monoisotopic (exact) mass is 463 g/mol. The zero-order valence-corrected chi connectivity index (χ0v) is 19.8. The van der Waals surface area contributed by atoms with Gasteiger partial charge in [-0.3, -0.25) is 14.4 Å². The Kier molecular flexibility index (Phi) is 13.4. The summed E-state index contributed by atoms with van der Waals surface area (Å²) in [4.78, 5) is 49.7. The minimum Gasteiger partial charge on any atom is -0.445 e. The molecule has 0 aromatic heterocycles. The van der Waals surface area contributed by atoms with E-state index in [-0.39, 0.29) is 25.6 Å². The summed E-state index contributed by atoms with van der Waals surface area (Å²) < 4.78 is 5.20. The van der Waals surface area contributed by atoms with E-state index in [0.717, 1.165) is 12.0 Å². The number of carbonyl (C=O) groups is 4. The summed E-state index contributed by atoms with van der Waals surface area (Å²) >= 11 is 0. The van der Waals surface area contributed by atoms with Crippen LogP contribution in [0, 0.1) is 5.92 Å². The highest BCUT2D eigenvalue weighted by Crippen LogP contribution is 2.08. The molecule has 9 heteroatoms. The molecule has 0 saturated heterocycles. The average molecular weight is 464 g/mol. The van der Waals surface area contributed by atoms with Gasteiger partial charge in [0.25, 0.3) is 5.91 Å². The Labute approximate surface area is 195 Å². The molecule has 0 radical (unpaired) electrons. The number of benzene rings is 1. The van der Waals surface area contributed by atoms with Crippen LogP contribution in [0.4, 0.5) is 4.79 Å². The van der Waals surface area contributed by atoms with Crippen LogP contribution in [0.25, 0.3) is 0 Å². The standard InChI is InChI=1S/C24H37N3O6/c1-4-19(21(29)23(31)25-13-9-6-10-14-28)26-22(30)20(15-17(2)3)27-24(32)33-16-18-11-7-5-8-12-18/h5,7-8,11-12,17,19-20,28H,4,6,9-10,13-16H2,1-3H3,(H,25,31)(H,26,30)(H,27,32)/t19?,20-/m0/s1. The molecule has 0 aliphatic carbocycles. The summed E-state index contributed by atoms with van der Waals surface area (Å²) in [5.74, 6) is -1.95. The predicted molar refractivity (Wildman–Crippen MR) is 124 cm³/mol. The Morgan fingerprint density at radius 3 is 2.27 bits per heavy atom. The maximum atomic E-state index is 12.8. The molecule has 0 heterocycles. The SMILES string of the molecule is CCC(NC(=O)[C@H](CC(C)C)NC(=O)OCc1ccccc1)C(=O)C(=O)NCCCCCO. The summed E-state index contributed by atoms with van der Waals surface area (Å²) in [6.07, 6.45) is 1.86. The van der Waals surface area contributed by atoms with E-state index in [4.69, 9.17) is 9.84 Å². The molecule has 184 valence electrons. The first-order valence-electron chi connectivity index (χ1n) is 11.5. The summed E-state index contributed by atoms with van der Waals surface area (Å²) in [5, 5.41) is 16.5. The Morgan fingerprint density at radius 1 is 0.970 bits per heavy atom. The van der Waals surface area contributed by atoms with Crippen molar-refractivity contribution in [3.05, 3.63) is 35.9 Å². The van der Waals surface area contributed by atoms with Crippen molar-refractivity contribution in [3.63, 3.8) is 0 Å². The highest BCUT2D eigenvalue weighted by molar-refractivity contribution is 6.38. The lowest BCUT2D eigenvalue weighted by Gasteiger charge is -2.23. The number of unbranched alkanes of at least 4 members (excludes halogenated alkanes) is 2. The highest BCUT2D eigenvalue weighted by atomic mass is 16.5. The van der Waals surface area contributed by atoms with Crippen molar-refractivity contribution in [2.45, 2.75) is 71.6 Å². The summed E-state index contributed by atoms with van der Waals surface area (Å²) in [5.41, 5.74) is 0.816. The lowest BCUT2D eigenvalue weighted by Crippen LogP contribution is -2.54. The van der Waals surface area contributed by atoms with Crippen molar-refractivity contribution in [2.24, 2.45) is 5.92 Å². The van der Waals surface area contributed by atoms with E-state index in [2.05, 4.69) is 16.0 Å². The fourth-order valence-electron chi connectivity index (χ4n) is 3.10. The third kappa shape index (κ3) is 11.5. The first-order chi connectivity index (χ1) is 15.8. The zero-order chi connectivity index (χ0) is 24.6. The number of amides is 3. The van der Waals surface area contributed by atoms with Crippen molar-refractivity contribution in [1.29, 1.82) is 0 Å². The summed E-state index contributed by atoms with van der Waals surface area (Å²) in [6, 6.07) is 7.26. The third-order valence-corrected chi connectivity index (χ3v) is 4.91.